The second-order valence-corrected chi connectivity index (χ2v) is 5.35. The summed E-state index contributed by atoms with van der Waals surface area (Å²) >= 11 is 0. The zero-order chi connectivity index (χ0) is 14.3. The molecule has 0 spiro atoms. The smallest absolute Gasteiger partial charge is 0.119 e. The highest BCUT2D eigenvalue weighted by molar-refractivity contribution is 5.28. The van der Waals surface area contributed by atoms with E-state index in [1.807, 2.05) is 26.0 Å². The molecule has 0 saturated carbocycles. The Balaban J connectivity index is 2.51. The van der Waals surface area contributed by atoms with E-state index in [9.17, 15) is 5.11 Å². The van der Waals surface area contributed by atoms with Crippen LogP contribution in [0.1, 0.15) is 52.1 Å². The summed E-state index contributed by atoms with van der Waals surface area (Å²) in [6, 6.07) is 8.33. The lowest BCUT2D eigenvalue weighted by Gasteiger charge is -2.25. The standard InChI is InChI=1S/C16H27NO2/c1-5-11-16(4,18)12-17-13(3)14-7-9-15(10-8-14)19-6-2/h7-10,13,17-18H,5-6,11-12H2,1-4H3. The van der Waals surface area contributed by atoms with E-state index in [4.69, 9.17) is 4.74 Å². The normalized spacial score (nSPS) is 15.8. The van der Waals surface area contributed by atoms with Gasteiger partial charge in [-0.3, -0.25) is 0 Å². The molecular weight excluding hydrogens is 238 g/mol. The summed E-state index contributed by atoms with van der Waals surface area (Å²) in [6.45, 7) is 9.35. The maximum atomic E-state index is 10.1. The van der Waals surface area contributed by atoms with Gasteiger partial charge < -0.3 is 15.2 Å². The third-order valence-electron chi connectivity index (χ3n) is 3.27. The molecule has 1 aromatic rings. The molecule has 0 radical (unpaired) electrons. The molecule has 1 rings (SSSR count). The molecule has 2 unspecified atom stereocenters. The Bertz CT molecular complexity index is 360. The van der Waals surface area contributed by atoms with Crippen LogP contribution in [0.3, 0.4) is 0 Å². The van der Waals surface area contributed by atoms with Crippen LogP contribution in [0.15, 0.2) is 24.3 Å². The van der Waals surface area contributed by atoms with Gasteiger partial charge in [0.15, 0.2) is 0 Å². The Morgan fingerprint density at radius 1 is 1.26 bits per heavy atom. The Kier molecular flexibility index (Phi) is 6.32. The molecule has 2 N–H and O–H groups in total. The SMILES string of the molecule is CCCC(C)(O)CNC(C)c1ccc(OCC)cc1. The molecule has 0 fully saturated rings. The Morgan fingerprint density at radius 3 is 2.42 bits per heavy atom. The van der Waals surface area contributed by atoms with Gasteiger partial charge in [-0.05, 0) is 44.9 Å². The van der Waals surface area contributed by atoms with Crippen molar-refractivity contribution in [3.05, 3.63) is 29.8 Å². The summed E-state index contributed by atoms with van der Waals surface area (Å²) in [6.07, 6.45) is 1.81. The van der Waals surface area contributed by atoms with Crippen LogP contribution in [0.5, 0.6) is 5.75 Å². The highest BCUT2D eigenvalue weighted by Gasteiger charge is 2.19. The van der Waals surface area contributed by atoms with Crippen molar-refractivity contribution in [1.29, 1.82) is 0 Å². The number of benzene rings is 1. The van der Waals surface area contributed by atoms with E-state index < -0.39 is 5.60 Å². The number of hydrogen-bond donors (Lipinski definition) is 2. The minimum Gasteiger partial charge on any atom is -0.494 e. The molecule has 2 atom stereocenters. The van der Waals surface area contributed by atoms with Crippen LogP contribution in [0.25, 0.3) is 0 Å². The summed E-state index contributed by atoms with van der Waals surface area (Å²) in [4.78, 5) is 0. The van der Waals surface area contributed by atoms with Gasteiger partial charge in [0.25, 0.3) is 0 Å². The van der Waals surface area contributed by atoms with Crippen molar-refractivity contribution in [2.45, 2.75) is 52.2 Å². The molecule has 0 saturated heterocycles. The maximum Gasteiger partial charge on any atom is 0.119 e. The highest BCUT2D eigenvalue weighted by Crippen LogP contribution is 2.19. The molecular formula is C16H27NO2. The van der Waals surface area contributed by atoms with Gasteiger partial charge in [-0.25, -0.2) is 0 Å². The monoisotopic (exact) mass is 265 g/mol. The van der Waals surface area contributed by atoms with E-state index in [-0.39, 0.29) is 6.04 Å². The second-order valence-electron chi connectivity index (χ2n) is 5.35. The van der Waals surface area contributed by atoms with Crippen molar-refractivity contribution in [3.8, 4) is 5.75 Å². The first-order valence-electron chi connectivity index (χ1n) is 7.17. The average Bonchev–Trinajstić information content (AvgIpc) is 2.37. The van der Waals surface area contributed by atoms with Crippen molar-refractivity contribution < 1.29 is 9.84 Å². The lowest BCUT2D eigenvalue weighted by atomic mass is 9.99. The van der Waals surface area contributed by atoms with Gasteiger partial charge >= 0.3 is 0 Å². The zero-order valence-electron chi connectivity index (χ0n) is 12.6. The van der Waals surface area contributed by atoms with E-state index in [0.717, 1.165) is 18.6 Å². The fourth-order valence-electron chi connectivity index (χ4n) is 2.14. The lowest BCUT2D eigenvalue weighted by molar-refractivity contribution is 0.0476. The molecule has 0 aliphatic rings. The highest BCUT2D eigenvalue weighted by atomic mass is 16.5. The first kappa shape index (κ1) is 16.0. The van der Waals surface area contributed by atoms with Gasteiger partial charge in [-0.15, -0.1) is 0 Å². The topological polar surface area (TPSA) is 41.5 Å². The molecule has 0 aliphatic carbocycles. The molecule has 3 nitrogen and oxygen atoms in total. The third kappa shape index (κ3) is 5.62. The molecule has 3 heteroatoms. The maximum absolute atomic E-state index is 10.1. The van der Waals surface area contributed by atoms with Crippen molar-refractivity contribution in [3.63, 3.8) is 0 Å². The molecule has 0 aliphatic heterocycles. The van der Waals surface area contributed by atoms with Gasteiger partial charge in [-0.2, -0.15) is 0 Å². The van der Waals surface area contributed by atoms with Gasteiger partial charge in [0.2, 0.25) is 0 Å². The molecule has 0 aromatic heterocycles. The average molecular weight is 265 g/mol. The summed E-state index contributed by atoms with van der Waals surface area (Å²) < 4.78 is 5.43. The van der Waals surface area contributed by atoms with Crippen LogP contribution in [0.4, 0.5) is 0 Å². The quantitative estimate of drug-likeness (QED) is 0.758. The predicted octanol–water partition coefficient (Wildman–Crippen LogP) is 3.29. The summed E-state index contributed by atoms with van der Waals surface area (Å²) in [7, 11) is 0. The fourth-order valence-corrected chi connectivity index (χ4v) is 2.14. The number of nitrogens with one attached hydrogen (secondary N) is 1. The van der Waals surface area contributed by atoms with Crippen molar-refractivity contribution in [1.82, 2.24) is 5.32 Å². The van der Waals surface area contributed by atoms with E-state index in [1.165, 1.54) is 5.56 Å². The lowest BCUT2D eigenvalue weighted by Crippen LogP contribution is -2.38. The molecule has 0 heterocycles. The second kappa shape index (κ2) is 7.51. The van der Waals surface area contributed by atoms with Crippen LogP contribution in [0, 0.1) is 0 Å². The summed E-state index contributed by atoms with van der Waals surface area (Å²) in [5, 5.41) is 13.5. The number of ether oxygens (including phenoxy) is 1. The van der Waals surface area contributed by atoms with Crippen molar-refractivity contribution in [2.75, 3.05) is 13.2 Å². The minimum absolute atomic E-state index is 0.221. The Labute approximate surface area is 117 Å². The molecule has 0 amide bonds. The van der Waals surface area contributed by atoms with Crippen LogP contribution >= 0.6 is 0 Å². The molecule has 1 aromatic carbocycles. The van der Waals surface area contributed by atoms with E-state index in [1.54, 1.807) is 0 Å². The van der Waals surface area contributed by atoms with E-state index in [0.29, 0.717) is 13.2 Å². The van der Waals surface area contributed by atoms with Crippen molar-refractivity contribution >= 4 is 0 Å². The van der Waals surface area contributed by atoms with Gasteiger partial charge in [0.1, 0.15) is 5.75 Å². The number of aliphatic hydroxyl groups is 1. The van der Waals surface area contributed by atoms with Crippen LogP contribution < -0.4 is 10.1 Å². The molecule has 108 valence electrons. The van der Waals surface area contributed by atoms with Gasteiger partial charge in [-0.1, -0.05) is 25.5 Å². The minimum atomic E-state index is -0.631. The predicted molar refractivity (Wildman–Crippen MR) is 79.6 cm³/mol. The Morgan fingerprint density at radius 2 is 1.89 bits per heavy atom. The van der Waals surface area contributed by atoms with Crippen LogP contribution in [-0.4, -0.2) is 23.9 Å². The molecule has 19 heavy (non-hydrogen) atoms. The van der Waals surface area contributed by atoms with Crippen molar-refractivity contribution in [2.24, 2.45) is 0 Å². The number of rotatable bonds is 8. The third-order valence-corrected chi connectivity index (χ3v) is 3.27. The van der Waals surface area contributed by atoms with Crippen LogP contribution in [0.2, 0.25) is 0 Å². The first-order valence-corrected chi connectivity index (χ1v) is 7.17. The van der Waals surface area contributed by atoms with Gasteiger partial charge in [0.05, 0.1) is 12.2 Å². The summed E-state index contributed by atoms with van der Waals surface area (Å²) in [5.41, 5.74) is 0.574. The largest absolute Gasteiger partial charge is 0.494 e. The summed E-state index contributed by atoms with van der Waals surface area (Å²) in [5.74, 6) is 0.899. The van der Waals surface area contributed by atoms with E-state index in [2.05, 4.69) is 31.3 Å². The molecule has 0 bridgehead atoms. The Hall–Kier alpha value is -1.06. The van der Waals surface area contributed by atoms with E-state index >= 15 is 0 Å². The van der Waals surface area contributed by atoms with Gasteiger partial charge in [0, 0.05) is 12.6 Å². The number of hydrogen-bond acceptors (Lipinski definition) is 3. The first-order chi connectivity index (χ1) is 8.98. The fraction of sp³-hybridized carbons (Fsp3) is 0.625. The van der Waals surface area contributed by atoms with Crippen LogP contribution in [-0.2, 0) is 0 Å². The zero-order valence-corrected chi connectivity index (χ0v) is 12.6.